The van der Waals surface area contributed by atoms with Gasteiger partial charge in [0.2, 0.25) is 5.89 Å². The summed E-state index contributed by atoms with van der Waals surface area (Å²) in [5, 5.41) is 20.0. The molecule has 0 fully saturated rings. The van der Waals surface area contributed by atoms with Crippen LogP contribution in [-0.2, 0) is 6.42 Å². The molecule has 0 aliphatic heterocycles. The molecule has 0 saturated heterocycles. The third kappa shape index (κ3) is 5.22. The third-order valence-corrected chi connectivity index (χ3v) is 4.29. The van der Waals surface area contributed by atoms with Crippen molar-refractivity contribution in [1.82, 2.24) is 10.2 Å². The van der Waals surface area contributed by atoms with Gasteiger partial charge >= 0.3 is 0 Å². The number of aliphatic hydroxyl groups is 1. The molecule has 1 N–H and O–H groups in total. The van der Waals surface area contributed by atoms with Crippen LogP contribution in [0.1, 0.15) is 17.0 Å². The van der Waals surface area contributed by atoms with Crippen LogP contribution >= 0.6 is 44.7 Å². The van der Waals surface area contributed by atoms with Crippen molar-refractivity contribution >= 4 is 50.4 Å². The number of hydrogen-bond acceptors (Lipinski definition) is 5. The average Bonchev–Trinajstić information content (AvgIpc) is 3.02. The van der Waals surface area contributed by atoms with Gasteiger partial charge in [-0.15, -0.1) is 27.2 Å². The number of hydrogen-bond donors (Lipinski definition) is 1. The Bertz CT molecular complexity index is 805. The monoisotopic (exact) mass is 468 g/mol. The van der Waals surface area contributed by atoms with Gasteiger partial charge in [-0.05, 0) is 29.5 Å². The van der Waals surface area contributed by atoms with Crippen molar-refractivity contribution in [2.24, 2.45) is 0 Å². The summed E-state index contributed by atoms with van der Waals surface area (Å²) in [5.74, 6) is 0.709. The molecule has 2 aromatic carbocycles. The number of halogens is 2. The van der Waals surface area contributed by atoms with E-state index in [0.29, 0.717) is 17.5 Å². The van der Waals surface area contributed by atoms with E-state index in [1.165, 1.54) is 11.8 Å². The zero-order valence-corrected chi connectivity index (χ0v) is 16.5. The molecule has 1 aromatic heterocycles. The third-order valence-electron chi connectivity index (χ3n) is 3.06. The zero-order chi connectivity index (χ0) is 16.1. The van der Waals surface area contributed by atoms with E-state index in [1.54, 1.807) is 5.41 Å². The highest BCUT2D eigenvalue weighted by Gasteiger charge is 2.07. The lowest BCUT2D eigenvalue weighted by Crippen LogP contribution is -1.87. The smallest absolute Gasteiger partial charge is 0.281 e. The maximum absolute atomic E-state index is 10.0. The predicted molar refractivity (Wildman–Crippen MR) is 104 cm³/mol. The summed E-state index contributed by atoms with van der Waals surface area (Å²) in [5.41, 5.74) is 1.84. The number of rotatable bonds is 5. The van der Waals surface area contributed by atoms with Crippen LogP contribution in [0.3, 0.4) is 0 Å². The van der Waals surface area contributed by atoms with Gasteiger partial charge in [-0.3, -0.25) is 0 Å². The number of aromatic nitrogens is 2. The Morgan fingerprint density at radius 3 is 2.50 bits per heavy atom. The molecule has 3 aromatic rings. The molecule has 0 aliphatic rings. The molecule has 7 heteroatoms. The van der Waals surface area contributed by atoms with Gasteiger partial charge in [-0.2, -0.15) is 0 Å². The van der Waals surface area contributed by atoms with Crippen molar-refractivity contribution in [3.05, 3.63) is 81.5 Å². The van der Waals surface area contributed by atoms with Crippen LogP contribution in [0.4, 0.5) is 0 Å². The van der Waals surface area contributed by atoms with E-state index in [4.69, 9.17) is 4.42 Å². The van der Waals surface area contributed by atoms with Crippen LogP contribution in [0.25, 0.3) is 5.76 Å². The lowest BCUT2D eigenvalue weighted by Gasteiger charge is -1.99. The van der Waals surface area contributed by atoms with Crippen LogP contribution in [0.15, 0.2) is 74.1 Å². The molecule has 0 atom stereocenters. The van der Waals surface area contributed by atoms with Gasteiger partial charge in [0, 0.05) is 15.4 Å². The molecule has 0 aliphatic carbocycles. The zero-order valence-electron chi connectivity index (χ0n) is 12.4. The molecule has 0 saturated carbocycles. The minimum absolute atomic E-state index is 0. The summed E-state index contributed by atoms with van der Waals surface area (Å²) in [6.45, 7) is 0. The lowest BCUT2D eigenvalue weighted by molar-refractivity contribution is 0.421. The Balaban J connectivity index is 0.00000208. The van der Waals surface area contributed by atoms with Gasteiger partial charge in [-0.1, -0.05) is 58.4 Å². The minimum atomic E-state index is 0. The largest absolute Gasteiger partial charge is 0.507 e. The predicted octanol–water partition coefficient (Wildman–Crippen LogP) is 5.65. The van der Waals surface area contributed by atoms with E-state index in [1.807, 2.05) is 54.6 Å². The summed E-state index contributed by atoms with van der Waals surface area (Å²) in [7, 11) is 0. The van der Waals surface area contributed by atoms with E-state index in [0.717, 1.165) is 15.6 Å². The first-order valence-electron chi connectivity index (χ1n) is 6.89. The molecule has 0 amide bonds. The molecule has 3 rings (SSSR count). The van der Waals surface area contributed by atoms with Crippen LogP contribution in [-0.4, -0.2) is 15.3 Å². The number of nitrogens with zero attached hydrogens (tertiary/aromatic N) is 2. The number of benzene rings is 2. The standard InChI is InChI=1S/C17H13BrN2O2S.BrH/c18-14-8-6-13(7-9-14)15(21)11-23-17-20-19-16(22-17)10-12-4-2-1-3-5-12;/h1-9,11,21H,10H2;1H/b15-11-;. The van der Waals surface area contributed by atoms with Gasteiger partial charge < -0.3 is 9.52 Å². The molecular formula is C17H14Br2N2O2S. The molecule has 0 unspecified atom stereocenters. The molecule has 0 bridgehead atoms. The van der Waals surface area contributed by atoms with Crippen molar-refractivity contribution < 1.29 is 9.52 Å². The maximum atomic E-state index is 10.0. The van der Waals surface area contributed by atoms with Gasteiger partial charge in [0.1, 0.15) is 5.76 Å². The SMILES string of the molecule is Br.O/C(=C\Sc1nnc(Cc2ccccc2)o1)c1ccc(Br)cc1. The Morgan fingerprint density at radius 2 is 1.79 bits per heavy atom. The van der Waals surface area contributed by atoms with Crippen molar-refractivity contribution in [1.29, 1.82) is 0 Å². The van der Waals surface area contributed by atoms with Crippen LogP contribution in [0, 0.1) is 0 Å². The quantitative estimate of drug-likeness (QED) is 0.386. The number of aliphatic hydroxyl groups excluding tert-OH is 1. The van der Waals surface area contributed by atoms with Gasteiger partial charge in [-0.25, -0.2) is 0 Å². The van der Waals surface area contributed by atoms with E-state index in [9.17, 15) is 5.11 Å². The first-order chi connectivity index (χ1) is 11.2. The van der Waals surface area contributed by atoms with Crippen molar-refractivity contribution in [2.45, 2.75) is 11.6 Å². The lowest BCUT2D eigenvalue weighted by atomic mass is 10.2. The van der Waals surface area contributed by atoms with Crippen LogP contribution in [0.2, 0.25) is 0 Å². The van der Waals surface area contributed by atoms with Crippen LogP contribution in [0.5, 0.6) is 0 Å². The normalized spacial score (nSPS) is 11.1. The molecule has 4 nitrogen and oxygen atoms in total. The highest BCUT2D eigenvalue weighted by atomic mass is 79.9. The Labute approximate surface area is 162 Å². The molecule has 1 heterocycles. The Hall–Kier alpha value is -1.57. The van der Waals surface area contributed by atoms with Gasteiger partial charge in [0.05, 0.1) is 6.42 Å². The molecular weight excluding hydrogens is 456 g/mol. The summed E-state index contributed by atoms with van der Waals surface area (Å²) in [6.07, 6.45) is 0.594. The van der Waals surface area contributed by atoms with Crippen LogP contribution < -0.4 is 0 Å². The van der Waals surface area contributed by atoms with E-state index in [2.05, 4.69) is 26.1 Å². The first kappa shape index (κ1) is 18.8. The highest BCUT2D eigenvalue weighted by molar-refractivity contribution is 9.10. The fraction of sp³-hybridized carbons (Fsp3) is 0.0588. The summed E-state index contributed by atoms with van der Waals surface area (Å²) < 4.78 is 6.53. The van der Waals surface area contributed by atoms with Crippen molar-refractivity contribution in [3.8, 4) is 0 Å². The summed E-state index contributed by atoms with van der Waals surface area (Å²) >= 11 is 4.56. The molecule has 0 radical (unpaired) electrons. The van der Waals surface area contributed by atoms with Gasteiger partial charge in [0.15, 0.2) is 0 Å². The second-order valence-electron chi connectivity index (χ2n) is 4.75. The Morgan fingerprint density at radius 1 is 1.08 bits per heavy atom. The first-order valence-corrected chi connectivity index (χ1v) is 8.56. The topological polar surface area (TPSA) is 59.2 Å². The van der Waals surface area contributed by atoms with Crippen molar-refractivity contribution in [3.63, 3.8) is 0 Å². The van der Waals surface area contributed by atoms with E-state index >= 15 is 0 Å². The van der Waals surface area contributed by atoms with Gasteiger partial charge in [0.25, 0.3) is 5.22 Å². The average molecular weight is 470 g/mol. The molecule has 124 valence electrons. The second-order valence-corrected chi connectivity index (χ2v) is 6.49. The van der Waals surface area contributed by atoms with E-state index in [-0.39, 0.29) is 22.7 Å². The summed E-state index contributed by atoms with van der Waals surface area (Å²) in [4.78, 5) is 0. The molecule has 0 spiro atoms. The number of thioether (sulfide) groups is 1. The summed E-state index contributed by atoms with van der Waals surface area (Å²) in [6, 6.07) is 17.3. The maximum Gasteiger partial charge on any atom is 0.281 e. The van der Waals surface area contributed by atoms with Crippen molar-refractivity contribution in [2.75, 3.05) is 0 Å². The highest BCUT2D eigenvalue weighted by Crippen LogP contribution is 2.24. The fourth-order valence-electron chi connectivity index (χ4n) is 1.92. The molecule has 24 heavy (non-hydrogen) atoms. The minimum Gasteiger partial charge on any atom is -0.507 e. The fourth-order valence-corrected chi connectivity index (χ4v) is 2.77. The van der Waals surface area contributed by atoms with E-state index < -0.39 is 0 Å². The second kappa shape index (κ2) is 9.05. The Kier molecular flexibility index (Phi) is 7.08.